The van der Waals surface area contributed by atoms with Gasteiger partial charge in [-0.15, -0.1) is 0 Å². The van der Waals surface area contributed by atoms with E-state index in [-0.39, 0.29) is 24.9 Å². The van der Waals surface area contributed by atoms with Crippen LogP contribution in [0.5, 0.6) is 0 Å². The van der Waals surface area contributed by atoms with E-state index in [9.17, 15) is 9.18 Å². The van der Waals surface area contributed by atoms with E-state index in [1.165, 1.54) is 0 Å². The van der Waals surface area contributed by atoms with E-state index < -0.39 is 17.2 Å². The van der Waals surface area contributed by atoms with Crippen molar-refractivity contribution in [3.63, 3.8) is 0 Å². The summed E-state index contributed by atoms with van der Waals surface area (Å²) in [6, 6.07) is -0.189. The highest BCUT2D eigenvalue weighted by Gasteiger charge is 2.64. The predicted octanol–water partition coefficient (Wildman–Crippen LogP) is 1.05. The van der Waals surface area contributed by atoms with Gasteiger partial charge in [-0.3, -0.25) is 4.79 Å². The molecule has 1 heterocycles. The molecule has 17 heavy (non-hydrogen) atoms. The van der Waals surface area contributed by atoms with Gasteiger partial charge >= 0.3 is 5.97 Å². The van der Waals surface area contributed by atoms with Gasteiger partial charge in [-0.05, 0) is 25.2 Å². The summed E-state index contributed by atoms with van der Waals surface area (Å²) < 4.78 is 14.6. The summed E-state index contributed by atoms with van der Waals surface area (Å²) >= 11 is 0. The number of alkyl halides is 1. The number of nitrogens with one attached hydrogen (secondary N) is 1. The normalized spacial score (nSPS) is 44.2. The summed E-state index contributed by atoms with van der Waals surface area (Å²) in [5.41, 5.74) is 3.96. The highest BCUT2D eigenvalue weighted by atomic mass is 19.1. The molecule has 0 aromatic heterocycles. The summed E-state index contributed by atoms with van der Waals surface area (Å²) in [5.74, 6) is -0.784. The number of aliphatic carboxylic acids is 1. The molecule has 1 unspecified atom stereocenters. The fourth-order valence-electron chi connectivity index (χ4n) is 3.65. The summed E-state index contributed by atoms with van der Waals surface area (Å²) in [5, 5.41) is 12.0. The standard InChI is InChI=1S/C12H21FN2O2/c1-2-4-11(13)5-3-8-10(11)15-12(8,7-14)6-9(16)17/h8,10,15H,2-7,14H2,1H3,(H,16,17)/t8-,10?,11-,12-/m0/s1. The zero-order valence-electron chi connectivity index (χ0n) is 10.2. The lowest BCUT2D eigenvalue weighted by Crippen LogP contribution is -2.76. The first-order valence-electron chi connectivity index (χ1n) is 6.36. The topological polar surface area (TPSA) is 75.3 Å². The second-order valence-corrected chi connectivity index (χ2v) is 5.48. The van der Waals surface area contributed by atoms with Crippen LogP contribution in [0.4, 0.5) is 4.39 Å². The quantitative estimate of drug-likeness (QED) is 0.675. The van der Waals surface area contributed by atoms with E-state index in [0.717, 1.165) is 12.8 Å². The number of carboxylic acid groups (broad SMARTS) is 1. The highest BCUT2D eigenvalue weighted by Crippen LogP contribution is 2.52. The number of rotatable bonds is 5. The largest absolute Gasteiger partial charge is 0.481 e. The van der Waals surface area contributed by atoms with Crippen LogP contribution in [0.25, 0.3) is 0 Å². The molecule has 0 amide bonds. The van der Waals surface area contributed by atoms with Crippen molar-refractivity contribution in [2.75, 3.05) is 6.54 Å². The Hall–Kier alpha value is -0.680. The third kappa shape index (κ3) is 1.85. The van der Waals surface area contributed by atoms with Crippen molar-refractivity contribution in [1.29, 1.82) is 0 Å². The van der Waals surface area contributed by atoms with Crippen LogP contribution in [0.1, 0.15) is 39.0 Å². The van der Waals surface area contributed by atoms with Gasteiger partial charge in [0.15, 0.2) is 0 Å². The molecule has 0 aromatic carbocycles. The molecular formula is C12H21FN2O2. The second-order valence-electron chi connectivity index (χ2n) is 5.48. The first-order valence-corrected chi connectivity index (χ1v) is 6.36. The molecule has 0 radical (unpaired) electrons. The van der Waals surface area contributed by atoms with Crippen LogP contribution in [0.15, 0.2) is 0 Å². The Balaban J connectivity index is 2.08. The molecule has 1 saturated carbocycles. The minimum atomic E-state index is -1.16. The second kappa shape index (κ2) is 4.21. The van der Waals surface area contributed by atoms with Gasteiger partial charge in [-0.2, -0.15) is 0 Å². The number of carboxylic acids is 1. The molecule has 4 N–H and O–H groups in total. The molecule has 2 fully saturated rings. The summed E-state index contributed by atoms with van der Waals surface area (Å²) in [7, 11) is 0. The Labute approximate surface area is 101 Å². The number of fused-ring (bicyclic) bond motifs is 1. The van der Waals surface area contributed by atoms with Gasteiger partial charge in [-0.1, -0.05) is 13.3 Å². The van der Waals surface area contributed by atoms with Crippen LogP contribution >= 0.6 is 0 Å². The van der Waals surface area contributed by atoms with Crippen LogP contribution in [0.3, 0.4) is 0 Å². The SMILES string of the molecule is CCC[C@]1(F)CC[C@H]2C1N[C@]2(CN)CC(=O)O. The van der Waals surface area contributed by atoms with E-state index in [1.807, 2.05) is 6.92 Å². The Morgan fingerprint density at radius 3 is 2.88 bits per heavy atom. The average molecular weight is 244 g/mol. The Kier molecular flexibility index (Phi) is 3.16. The Morgan fingerprint density at radius 1 is 1.65 bits per heavy atom. The lowest BCUT2D eigenvalue weighted by atomic mass is 9.67. The maximum atomic E-state index is 14.6. The molecule has 4 atom stereocenters. The van der Waals surface area contributed by atoms with Crippen molar-refractivity contribution in [1.82, 2.24) is 5.32 Å². The molecule has 2 aliphatic rings. The number of hydrogen-bond acceptors (Lipinski definition) is 3. The zero-order valence-corrected chi connectivity index (χ0v) is 10.2. The smallest absolute Gasteiger partial charge is 0.305 e. The third-order valence-electron chi connectivity index (χ3n) is 4.48. The molecule has 0 spiro atoms. The van der Waals surface area contributed by atoms with Gasteiger partial charge in [0.1, 0.15) is 5.67 Å². The first-order chi connectivity index (χ1) is 7.97. The van der Waals surface area contributed by atoms with Gasteiger partial charge in [-0.25, -0.2) is 4.39 Å². The predicted molar refractivity (Wildman–Crippen MR) is 62.4 cm³/mol. The third-order valence-corrected chi connectivity index (χ3v) is 4.48. The van der Waals surface area contributed by atoms with Crippen LogP contribution in [-0.2, 0) is 4.79 Å². The van der Waals surface area contributed by atoms with Crippen molar-refractivity contribution >= 4 is 5.97 Å². The Morgan fingerprint density at radius 2 is 2.35 bits per heavy atom. The molecule has 1 aliphatic heterocycles. The summed E-state index contributed by atoms with van der Waals surface area (Å²) in [6.45, 7) is 2.24. The minimum absolute atomic E-state index is 0.00707. The average Bonchev–Trinajstić information content (AvgIpc) is 2.48. The summed E-state index contributed by atoms with van der Waals surface area (Å²) in [4.78, 5) is 10.9. The Bertz CT molecular complexity index is 326. The fraction of sp³-hybridized carbons (Fsp3) is 0.917. The van der Waals surface area contributed by atoms with Crippen molar-refractivity contribution in [2.24, 2.45) is 11.7 Å². The molecule has 1 aliphatic carbocycles. The maximum Gasteiger partial charge on any atom is 0.305 e. The van der Waals surface area contributed by atoms with Gasteiger partial charge in [0.05, 0.1) is 6.42 Å². The fourth-order valence-corrected chi connectivity index (χ4v) is 3.65. The molecule has 98 valence electrons. The van der Waals surface area contributed by atoms with E-state index in [4.69, 9.17) is 10.8 Å². The zero-order chi connectivity index (χ0) is 12.7. The molecule has 2 rings (SSSR count). The molecule has 4 nitrogen and oxygen atoms in total. The molecule has 0 aromatic rings. The van der Waals surface area contributed by atoms with Crippen LogP contribution in [0, 0.1) is 5.92 Å². The van der Waals surface area contributed by atoms with E-state index in [0.29, 0.717) is 12.8 Å². The van der Waals surface area contributed by atoms with Gasteiger partial charge in [0.2, 0.25) is 0 Å². The number of carbonyl (C=O) groups is 1. The van der Waals surface area contributed by atoms with Crippen LogP contribution < -0.4 is 11.1 Å². The van der Waals surface area contributed by atoms with Crippen molar-refractivity contribution in [3.05, 3.63) is 0 Å². The highest BCUT2D eigenvalue weighted by molar-refractivity contribution is 5.69. The van der Waals surface area contributed by atoms with Crippen molar-refractivity contribution in [2.45, 2.75) is 56.3 Å². The number of halogens is 1. The minimum Gasteiger partial charge on any atom is -0.481 e. The number of hydrogen-bond donors (Lipinski definition) is 3. The molecular weight excluding hydrogens is 223 g/mol. The molecule has 1 saturated heterocycles. The summed E-state index contributed by atoms with van der Waals surface area (Å²) in [6.07, 6.45) is 2.64. The van der Waals surface area contributed by atoms with Crippen LogP contribution in [-0.4, -0.2) is 34.9 Å². The monoisotopic (exact) mass is 244 g/mol. The van der Waals surface area contributed by atoms with E-state index in [1.54, 1.807) is 0 Å². The maximum absolute atomic E-state index is 14.6. The van der Waals surface area contributed by atoms with E-state index >= 15 is 0 Å². The van der Waals surface area contributed by atoms with Crippen molar-refractivity contribution < 1.29 is 14.3 Å². The van der Waals surface area contributed by atoms with Crippen molar-refractivity contribution in [3.8, 4) is 0 Å². The van der Waals surface area contributed by atoms with E-state index in [2.05, 4.69) is 5.32 Å². The first kappa shape index (κ1) is 12.8. The molecule has 5 heteroatoms. The lowest BCUT2D eigenvalue weighted by molar-refractivity contribution is -0.142. The van der Waals surface area contributed by atoms with Crippen LogP contribution in [0.2, 0.25) is 0 Å². The van der Waals surface area contributed by atoms with Gasteiger partial charge < -0.3 is 16.2 Å². The lowest BCUT2D eigenvalue weighted by Gasteiger charge is -2.55. The molecule has 0 bridgehead atoms. The van der Waals surface area contributed by atoms with Gasteiger partial charge in [0.25, 0.3) is 0 Å². The van der Waals surface area contributed by atoms with Gasteiger partial charge in [0, 0.05) is 18.1 Å². The number of nitrogens with two attached hydrogens (primary N) is 1.